The summed E-state index contributed by atoms with van der Waals surface area (Å²) in [7, 11) is 0. The molecule has 1 heteroatoms. The minimum Gasteiger partial charge on any atom is -0.313 e. The molecule has 0 aromatic rings. The average molecular weight is 151 g/mol. The van der Waals surface area contributed by atoms with Gasteiger partial charge in [-0.3, -0.25) is 0 Å². The highest BCUT2D eigenvalue weighted by molar-refractivity contribution is 4.86. The smallest absolute Gasteiger partial charge is 0.0211 e. The third-order valence-electron chi connectivity index (χ3n) is 2.40. The standard InChI is InChI=1S/C10H17N/c1-3-4-7-11-10-6-5-9(2)8-10/h1,9-11H,4-8H2,2H3. The van der Waals surface area contributed by atoms with Crippen LogP contribution in [0.15, 0.2) is 0 Å². The number of nitrogens with one attached hydrogen (secondary N) is 1. The van der Waals surface area contributed by atoms with Gasteiger partial charge in [-0.25, -0.2) is 0 Å². The first-order chi connectivity index (χ1) is 5.33. The molecular weight excluding hydrogens is 134 g/mol. The van der Waals surface area contributed by atoms with E-state index in [1.54, 1.807) is 0 Å². The Hall–Kier alpha value is -0.480. The molecule has 0 aliphatic heterocycles. The summed E-state index contributed by atoms with van der Waals surface area (Å²) < 4.78 is 0. The van der Waals surface area contributed by atoms with Crippen LogP contribution < -0.4 is 5.32 Å². The lowest BCUT2D eigenvalue weighted by Crippen LogP contribution is -2.27. The first-order valence-corrected chi connectivity index (χ1v) is 4.49. The molecule has 0 bridgehead atoms. The summed E-state index contributed by atoms with van der Waals surface area (Å²) in [5, 5.41) is 3.47. The van der Waals surface area contributed by atoms with Crippen LogP contribution in [0.4, 0.5) is 0 Å². The molecule has 11 heavy (non-hydrogen) atoms. The lowest BCUT2D eigenvalue weighted by atomic mass is 10.1. The molecule has 1 nitrogen and oxygen atoms in total. The lowest BCUT2D eigenvalue weighted by molar-refractivity contribution is 0.509. The van der Waals surface area contributed by atoms with E-state index in [1.807, 2.05) is 0 Å². The third-order valence-corrected chi connectivity index (χ3v) is 2.40. The van der Waals surface area contributed by atoms with E-state index in [4.69, 9.17) is 6.42 Å². The fourth-order valence-electron chi connectivity index (χ4n) is 1.74. The molecule has 0 amide bonds. The zero-order valence-corrected chi connectivity index (χ0v) is 7.27. The average Bonchev–Trinajstić information content (AvgIpc) is 2.37. The molecule has 1 fully saturated rings. The van der Waals surface area contributed by atoms with Gasteiger partial charge in [0.25, 0.3) is 0 Å². The zero-order valence-electron chi connectivity index (χ0n) is 7.27. The Labute approximate surface area is 69.6 Å². The van der Waals surface area contributed by atoms with E-state index in [0.29, 0.717) is 0 Å². The van der Waals surface area contributed by atoms with Gasteiger partial charge in [0.1, 0.15) is 0 Å². The Morgan fingerprint density at radius 2 is 2.36 bits per heavy atom. The number of hydrogen-bond acceptors (Lipinski definition) is 1. The molecule has 0 spiro atoms. The topological polar surface area (TPSA) is 12.0 Å². The maximum atomic E-state index is 5.15. The molecule has 1 aliphatic rings. The third kappa shape index (κ3) is 2.95. The number of terminal acetylenes is 1. The molecular formula is C10H17N. The minimum absolute atomic E-state index is 0.748. The predicted molar refractivity (Wildman–Crippen MR) is 48.3 cm³/mol. The highest BCUT2D eigenvalue weighted by Gasteiger charge is 2.19. The number of hydrogen-bond donors (Lipinski definition) is 1. The second-order valence-electron chi connectivity index (χ2n) is 3.52. The minimum atomic E-state index is 0.748. The van der Waals surface area contributed by atoms with Crippen molar-refractivity contribution in [1.82, 2.24) is 5.32 Å². The Balaban J connectivity index is 2.05. The van der Waals surface area contributed by atoms with Crippen molar-refractivity contribution in [2.45, 2.75) is 38.6 Å². The maximum Gasteiger partial charge on any atom is 0.0211 e. The van der Waals surface area contributed by atoms with Crippen LogP contribution in [0.3, 0.4) is 0 Å². The second kappa shape index (κ2) is 4.41. The van der Waals surface area contributed by atoms with Crippen LogP contribution in [-0.4, -0.2) is 12.6 Å². The van der Waals surface area contributed by atoms with Crippen molar-refractivity contribution in [2.75, 3.05) is 6.54 Å². The van der Waals surface area contributed by atoms with Crippen molar-refractivity contribution in [3.8, 4) is 12.3 Å². The van der Waals surface area contributed by atoms with Gasteiger partial charge in [0.15, 0.2) is 0 Å². The van der Waals surface area contributed by atoms with Gasteiger partial charge in [-0.2, -0.15) is 0 Å². The molecule has 0 heterocycles. The summed E-state index contributed by atoms with van der Waals surface area (Å²) in [6.45, 7) is 3.32. The van der Waals surface area contributed by atoms with E-state index in [-0.39, 0.29) is 0 Å². The van der Waals surface area contributed by atoms with Gasteiger partial charge in [0.2, 0.25) is 0 Å². The van der Waals surface area contributed by atoms with Crippen LogP contribution in [0.5, 0.6) is 0 Å². The highest BCUT2D eigenvalue weighted by atomic mass is 14.9. The van der Waals surface area contributed by atoms with Gasteiger partial charge < -0.3 is 5.32 Å². The second-order valence-corrected chi connectivity index (χ2v) is 3.52. The van der Waals surface area contributed by atoms with Crippen molar-refractivity contribution in [3.05, 3.63) is 0 Å². The Morgan fingerprint density at radius 3 is 2.91 bits per heavy atom. The van der Waals surface area contributed by atoms with E-state index < -0.39 is 0 Å². The molecule has 2 unspecified atom stereocenters. The fourth-order valence-corrected chi connectivity index (χ4v) is 1.74. The van der Waals surface area contributed by atoms with Crippen molar-refractivity contribution < 1.29 is 0 Å². The SMILES string of the molecule is C#CCCNC1CCC(C)C1. The van der Waals surface area contributed by atoms with E-state index in [1.165, 1.54) is 19.3 Å². The first kappa shape index (κ1) is 8.62. The van der Waals surface area contributed by atoms with Gasteiger partial charge >= 0.3 is 0 Å². The van der Waals surface area contributed by atoms with Crippen LogP contribution in [0.2, 0.25) is 0 Å². The predicted octanol–water partition coefficient (Wildman–Crippen LogP) is 1.79. The quantitative estimate of drug-likeness (QED) is 0.479. The summed E-state index contributed by atoms with van der Waals surface area (Å²) in [6.07, 6.45) is 10.1. The number of rotatable bonds is 3. The summed E-state index contributed by atoms with van der Waals surface area (Å²) in [5.74, 6) is 3.56. The molecule has 0 radical (unpaired) electrons. The van der Waals surface area contributed by atoms with Crippen molar-refractivity contribution in [1.29, 1.82) is 0 Å². The molecule has 0 saturated heterocycles. The molecule has 1 N–H and O–H groups in total. The monoisotopic (exact) mass is 151 g/mol. The van der Waals surface area contributed by atoms with E-state index in [2.05, 4.69) is 18.2 Å². The Morgan fingerprint density at radius 1 is 1.55 bits per heavy atom. The van der Waals surface area contributed by atoms with E-state index in [9.17, 15) is 0 Å². The van der Waals surface area contributed by atoms with Gasteiger partial charge in [0, 0.05) is 19.0 Å². The van der Waals surface area contributed by atoms with E-state index >= 15 is 0 Å². The van der Waals surface area contributed by atoms with Gasteiger partial charge in [-0.05, 0) is 25.2 Å². The van der Waals surface area contributed by atoms with Crippen LogP contribution >= 0.6 is 0 Å². The van der Waals surface area contributed by atoms with Gasteiger partial charge in [0.05, 0.1) is 0 Å². The zero-order chi connectivity index (χ0) is 8.10. The fraction of sp³-hybridized carbons (Fsp3) is 0.800. The molecule has 2 atom stereocenters. The van der Waals surface area contributed by atoms with E-state index in [0.717, 1.165) is 24.9 Å². The summed E-state index contributed by atoms with van der Waals surface area (Å²) >= 11 is 0. The van der Waals surface area contributed by atoms with Crippen LogP contribution in [0.1, 0.15) is 32.6 Å². The largest absolute Gasteiger partial charge is 0.313 e. The van der Waals surface area contributed by atoms with Crippen LogP contribution in [0, 0.1) is 18.3 Å². The summed E-state index contributed by atoms with van der Waals surface area (Å²) in [6, 6.07) is 0.748. The molecule has 0 aromatic heterocycles. The Kier molecular flexibility index (Phi) is 3.45. The molecule has 1 aliphatic carbocycles. The van der Waals surface area contributed by atoms with Gasteiger partial charge in [-0.15, -0.1) is 12.3 Å². The summed E-state index contributed by atoms with van der Waals surface area (Å²) in [5.41, 5.74) is 0. The van der Waals surface area contributed by atoms with Gasteiger partial charge in [-0.1, -0.05) is 6.92 Å². The normalized spacial score (nSPS) is 30.2. The van der Waals surface area contributed by atoms with Crippen LogP contribution in [0.25, 0.3) is 0 Å². The maximum absolute atomic E-state index is 5.15. The molecule has 1 saturated carbocycles. The first-order valence-electron chi connectivity index (χ1n) is 4.49. The Bertz CT molecular complexity index is 145. The van der Waals surface area contributed by atoms with Crippen molar-refractivity contribution in [2.24, 2.45) is 5.92 Å². The van der Waals surface area contributed by atoms with Crippen molar-refractivity contribution >= 4 is 0 Å². The highest BCUT2D eigenvalue weighted by Crippen LogP contribution is 2.24. The van der Waals surface area contributed by atoms with Crippen LogP contribution in [-0.2, 0) is 0 Å². The molecule has 1 rings (SSSR count). The van der Waals surface area contributed by atoms with Crippen molar-refractivity contribution in [3.63, 3.8) is 0 Å². The summed E-state index contributed by atoms with van der Waals surface area (Å²) in [4.78, 5) is 0. The lowest BCUT2D eigenvalue weighted by Gasteiger charge is -2.09. The molecule has 0 aromatic carbocycles. The molecule has 62 valence electrons.